The number of aliphatic hydroxyl groups excluding tert-OH is 1. The predicted molar refractivity (Wildman–Crippen MR) is 51.2 cm³/mol. The summed E-state index contributed by atoms with van der Waals surface area (Å²) in [6.45, 7) is 8.26. The highest BCUT2D eigenvalue weighted by Crippen LogP contribution is 2.69. The Morgan fingerprint density at radius 1 is 1.15 bits per heavy atom. The molecule has 0 spiro atoms. The topological polar surface area (TPSA) is 40.5 Å². The Hall–Kier alpha value is -0.0800. The summed E-state index contributed by atoms with van der Waals surface area (Å²) in [5, 5.41) is 20.3. The molecule has 0 aromatic heterocycles. The molecule has 2 fully saturated rings. The highest BCUT2D eigenvalue weighted by atomic mass is 16.3. The zero-order valence-corrected chi connectivity index (χ0v) is 8.96. The van der Waals surface area contributed by atoms with Crippen LogP contribution in [0.5, 0.6) is 0 Å². The van der Waals surface area contributed by atoms with Crippen LogP contribution >= 0.6 is 0 Å². The third-order valence-electron chi connectivity index (χ3n) is 5.38. The van der Waals surface area contributed by atoms with Gasteiger partial charge in [-0.2, -0.15) is 0 Å². The Morgan fingerprint density at radius 3 is 1.92 bits per heavy atom. The number of hydrogen-bond donors (Lipinski definition) is 2. The van der Waals surface area contributed by atoms with Crippen molar-refractivity contribution in [3.8, 4) is 0 Å². The second-order valence-electron chi connectivity index (χ2n) is 5.79. The lowest BCUT2D eigenvalue weighted by Crippen LogP contribution is -2.51. The highest BCUT2D eigenvalue weighted by Gasteiger charge is 2.71. The second-order valence-corrected chi connectivity index (χ2v) is 5.79. The molecule has 2 rings (SSSR count). The van der Waals surface area contributed by atoms with E-state index in [9.17, 15) is 10.2 Å². The first-order valence-corrected chi connectivity index (χ1v) is 5.15. The van der Waals surface area contributed by atoms with Crippen molar-refractivity contribution >= 4 is 0 Å². The summed E-state index contributed by atoms with van der Waals surface area (Å²) in [6.07, 6.45) is 1.55. The number of aliphatic hydroxyl groups is 2. The van der Waals surface area contributed by atoms with Gasteiger partial charge < -0.3 is 10.2 Å². The molecule has 13 heavy (non-hydrogen) atoms. The number of hydrogen-bond acceptors (Lipinski definition) is 2. The van der Waals surface area contributed by atoms with Crippen LogP contribution in [0.15, 0.2) is 0 Å². The standard InChI is InChI=1S/C11H20O2/c1-9(2)7-5-6-10(9,3)11(4,13)8(7)12/h7-8,12-13H,5-6H2,1-4H3/t7-,8+,10+,11-/m0/s1. The summed E-state index contributed by atoms with van der Waals surface area (Å²) >= 11 is 0. The van der Waals surface area contributed by atoms with Crippen LogP contribution in [0.25, 0.3) is 0 Å². The van der Waals surface area contributed by atoms with Crippen LogP contribution in [0.2, 0.25) is 0 Å². The molecule has 0 aromatic rings. The van der Waals surface area contributed by atoms with Gasteiger partial charge in [-0.05, 0) is 31.1 Å². The van der Waals surface area contributed by atoms with Crippen molar-refractivity contribution in [3.63, 3.8) is 0 Å². The summed E-state index contributed by atoms with van der Waals surface area (Å²) in [6, 6.07) is 0. The van der Waals surface area contributed by atoms with Gasteiger partial charge in [-0.15, -0.1) is 0 Å². The Balaban J connectivity index is 2.53. The molecule has 0 aromatic carbocycles. The summed E-state index contributed by atoms with van der Waals surface area (Å²) in [5.41, 5.74) is -0.959. The fourth-order valence-electron chi connectivity index (χ4n) is 3.71. The van der Waals surface area contributed by atoms with Gasteiger partial charge in [0.2, 0.25) is 0 Å². The lowest BCUT2D eigenvalue weighted by atomic mass is 9.65. The molecule has 0 aliphatic heterocycles. The van der Waals surface area contributed by atoms with Crippen LogP contribution in [0.1, 0.15) is 40.5 Å². The Bertz CT molecular complexity index is 234. The fraction of sp³-hybridized carbons (Fsp3) is 1.00. The largest absolute Gasteiger partial charge is 0.390 e. The molecule has 0 radical (unpaired) electrons. The van der Waals surface area contributed by atoms with E-state index in [2.05, 4.69) is 20.8 Å². The fourth-order valence-corrected chi connectivity index (χ4v) is 3.71. The maximum Gasteiger partial charge on any atom is 0.0938 e. The van der Waals surface area contributed by atoms with E-state index in [4.69, 9.17) is 0 Å². The molecule has 0 saturated heterocycles. The van der Waals surface area contributed by atoms with E-state index in [1.807, 2.05) is 0 Å². The average molecular weight is 184 g/mol. The highest BCUT2D eigenvalue weighted by molar-refractivity contribution is 5.20. The molecule has 0 amide bonds. The molecular weight excluding hydrogens is 164 g/mol. The third kappa shape index (κ3) is 0.736. The second kappa shape index (κ2) is 2.12. The zero-order valence-electron chi connectivity index (χ0n) is 8.96. The normalized spacial score (nSPS) is 58.6. The molecule has 4 atom stereocenters. The maximum absolute atomic E-state index is 10.3. The van der Waals surface area contributed by atoms with Crippen molar-refractivity contribution < 1.29 is 10.2 Å². The lowest BCUT2D eigenvalue weighted by Gasteiger charge is -2.44. The summed E-state index contributed by atoms with van der Waals surface area (Å²) < 4.78 is 0. The van der Waals surface area contributed by atoms with E-state index in [1.54, 1.807) is 6.92 Å². The molecule has 2 bridgehead atoms. The van der Waals surface area contributed by atoms with Crippen LogP contribution in [-0.4, -0.2) is 21.9 Å². The number of fused-ring (bicyclic) bond motifs is 2. The van der Waals surface area contributed by atoms with Crippen molar-refractivity contribution in [1.82, 2.24) is 0 Å². The SMILES string of the molecule is CC1(C)[C@H]2CC[C@@]1(C)[C@@](C)(O)[C@@H]2O. The van der Waals surface area contributed by atoms with Gasteiger partial charge in [-0.3, -0.25) is 0 Å². The molecular formula is C11H20O2. The number of rotatable bonds is 0. The first-order chi connectivity index (χ1) is 5.75. The Kier molecular flexibility index (Phi) is 1.54. The van der Waals surface area contributed by atoms with Crippen LogP contribution in [0.4, 0.5) is 0 Å². The Morgan fingerprint density at radius 2 is 1.69 bits per heavy atom. The van der Waals surface area contributed by atoms with Crippen molar-refractivity contribution in [3.05, 3.63) is 0 Å². The van der Waals surface area contributed by atoms with Gasteiger partial charge in [0.1, 0.15) is 0 Å². The smallest absolute Gasteiger partial charge is 0.0938 e. The molecule has 0 unspecified atom stereocenters. The van der Waals surface area contributed by atoms with Crippen LogP contribution < -0.4 is 0 Å². The molecule has 2 heteroatoms. The quantitative estimate of drug-likeness (QED) is 0.599. The maximum atomic E-state index is 10.3. The lowest BCUT2D eigenvalue weighted by molar-refractivity contribution is -0.134. The zero-order chi connectivity index (χ0) is 10.1. The summed E-state index contributed by atoms with van der Waals surface area (Å²) in [7, 11) is 0. The first kappa shape index (κ1) is 9.47. The van der Waals surface area contributed by atoms with E-state index in [0.29, 0.717) is 0 Å². The van der Waals surface area contributed by atoms with Crippen molar-refractivity contribution in [1.29, 1.82) is 0 Å². The molecule has 2 saturated carbocycles. The van der Waals surface area contributed by atoms with Gasteiger partial charge in [0.25, 0.3) is 0 Å². The predicted octanol–water partition coefficient (Wildman–Crippen LogP) is 1.55. The van der Waals surface area contributed by atoms with E-state index < -0.39 is 11.7 Å². The van der Waals surface area contributed by atoms with Crippen LogP contribution in [0.3, 0.4) is 0 Å². The molecule has 76 valence electrons. The molecule has 2 aliphatic carbocycles. The minimum absolute atomic E-state index is 0.0654. The van der Waals surface area contributed by atoms with Gasteiger partial charge in [-0.25, -0.2) is 0 Å². The average Bonchev–Trinajstić information content (AvgIpc) is 2.26. The van der Waals surface area contributed by atoms with E-state index in [-0.39, 0.29) is 16.7 Å². The van der Waals surface area contributed by atoms with Gasteiger partial charge >= 0.3 is 0 Å². The summed E-state index contributed by atoms with van der Waals surface area (Å²) in [4.78, 5) is 0. The van der Waals surface area contributed by atoms with Crippen molar-refractivity contribution in [2.45, 2.75) is 52.2 Å². The first-order valence-electron chi connectivity index (χ1n) is 5.15. The van der Waals surface area contributed by atoms with Gasteiger partial charge in [0, 0.05) is 5.41 Å². The van der Waals surface area contributed by atoms with Crippen LogP contribution in [-0.2, 0) is 0 Å². The van der Waals surface area contributed by atoms with E-state index in [1.165, 1.54) is 0 Å². The van der Waals surface area contributed by atoms with Gasteiger partial charge in [0.15, 0.2) is 0 Å². The van der Waals surface area contributed by atoms with Crippen molar-refractivity contribution in [2.75, 3.05) is 0 Å². The molecule has 2 N–H and O–H groups in total. The molecule has 2 aliphatic rings. The third-order valence-corrected chi connectivity index (χ3v) is 5.38. The van der Waals surface area contributed by atoms with E-state index in [0.717, 1.165) is 12.8 Å². The van der Waals surface area contributed by atoms with Crippen molar-refractivity contribution in [2.24, 2.45) is 16.7 Å². The van der Waals surface area contributed by atoms with E-state index >= 15 is 0 Å². The minimum atomic E-state index is -0.903. The van der Waals surface area contributed by atoms with Crippen LogP contribution in [0, 0.1) is 16.7 Å². The van der Waals surface area contributed by atoms with Gasteiger partial charge in [-0.1, -0.05) is 20.8 Å². The Labute approximate surface area is 80.0 Å². The summed E-state index contributed by atoms with van der Waals surface area (Å²) in [5.74, 6) is 0.271. The molecule has 2 nitrogen and oxygen atoms in total. The monoisotopic (exact) mass is 184 g/mol. The molecule has 0 heterocycles. The minimum Gasteiger partial charge on any atom is -0.390 e. The van der Waals surface area contributed by atoms with Gasteiger partial charge in [0.05, 0.1) is 11.7 Å².